The second-order valence-corrected chi connectivity index (χ2v) is 6.26. The number of hydrogen-bond acceptors (Lipinski definition) is 5. The van der Waals surface area contributed by atoms with E-state index in [0.717, 1.165) is 12.2 Å². The van der Waals surface area contributed by atoms with Gasteiger partial charge in [0.15, 0.2) is 5.69 Å². The van der Waals surface area contributed by atoms with E-state index >= 15 is 0 Å². The third kappa shape index (κ3) is 5.01. The van der Waals surface area contributed by atoms with E-state index in [0.29, 0.717) is 5.01 Å². The molecule has 112 valence electrons. The van der Waals surface area contributed by atoms with E-state index in [9.17, 15) is 9.59 Å². The zero-order chi connectivity index (χ0) is 15.1. The third-order valence-electron chi connectivity index (χ3n) is 2.88. The van der Waals surface area contributed by atoms with E-state index in [-0.39, 0.29) is 24.3 Å². The predicted molar refractivity (Wildman–Crippen MR) is 81.5 cm³/mol. The van der Waals surface area contributed by atoms with Gasteiger partial charge in [-0.05, 0) is 25.4 Å². The topological polar surface area (TPSA) is 82.5 Å². The molecule has 1 aromatic heterocycles. The van der Waals surface area contributed by atoms with Crippen molar-refractivity contribution in [2.45, 2.75) is 25.9 Å². The van der Waals surface area contributed by atoms with Crippen molar-refractivity contribution < 1.29 is 14.7 Å². The normalized spacial score (nSPS) is 11.9. The highest BCUT2D eigenvalue weighted by Gasteiger charge is 2.16. The van der Waals surface area contributed by atoms with Gasteiger partial charge in [0, 0.05) is 18.5 Å². The molecular formula is C12H19N3O3S2. The first-order chi connectivity index (χ1) is 9.45. The maximum absolute atomic E-state index is 11.9. The fraction of sp³-hybridized carbons (Fsp3) is 0.583. The monoisotopic (exact) mass is 317 g/mol. The maximum atomic E-state index is 11.9. The van der Waals surface area contributed by atoms with Crippen LogP contribution in [0.5, 0.6) is 0 Å². The molecule has 0 bridgehead atoms. The average Bonchev–Trinajstić information content (AvgIpc) is 2.90. The highest BCUT2D eigenvalue weighted by Crippen LogP contribution is 2.10. The summed E-state index contributed by atoms with van der Waals surface area (Å²) in [6.07, 6.45) is 2.97. The lowest BCUT2D eigenvalue weighted by Gasteiger charge is -2.24. The summed E-state index contributed by atoms with van der Waals surface area (Å²) >= 11 is 2.98. The Hall–Kier alpha value is -1.28. The molecule has 0 fully saturated rings. The van der Waals surface area contributed by atoms with Crippen molar-refractivity contribution in [3.63, 3.8) is 0 Å². The second kappa shape index (κ2) is 8.11. The molecule has 0 aromatic carbocycles. The second-order valence-electron chi connectivity index (χ2n) is 4.33. The minimum Gasteiger partial charge on any atom is -0.476 e. The van der Waals surface area contributed by atoms with E-state index in [4.69, 9.17) is 5.11 Å². The first kappa shape index (κ1) is 16.8. The lowest BCUT2D eigenvalue weighted by molar-refractivity contribution is 0.0691. The van der Waals surface area contributed by atoms with Crippen LogP contribution in [0.1, 0.15) is 28.8 Å². The van der Waals surface area contributed by atoms with Gasteiger partial charge in [-0.25, -0.2) is 14.6 Å². The SMILES string of the molecule is CSCCC(C)N(C)C(=O)NCc1nc(C(=O)O)cs1. The highest BCUT2D eigenvalue weighted by molar-refractivity contribution is 7.98. The molecule has 0 aliphatic carbocycles. The van der Waals surface area contributed by atoms with Crippen molar-refractivity contribution in [1.29, 1.82) is 0 Å². The zero-order valence-corrected chi connectivity index (χ0v) is 13.4. The molecule has 20 heavy (non-hydrogen) atoms. The van der Waals surface area contributed by atoms with Crippen molar-refractivity contribution in [3.05, 3.63) is 16.1 Å². The Morgan fingerprint density at radius 1 is 1.60 bits per heavy atom. The number of nitrogens with zero attached hydrogens (tertiary/aromatic N) is 2. The van der Waals surface area contributed by atoms with Crippen molar-refractivity contribution in [2.75, 3.05) is 19.1 Å². The maximum Gasteiger partial charge on any atom is 0.355 e. The molecule has 2 N–H and O–H groups in total. The van der Waals surface area contributed by atoms with E-state index < -0.39 is 5.97 Å². The number of carboxylic acids is 1. The first-order valence-electron chi connectivity index (χ1n) is 6.13. The van der Waals surface area contributed by atoms with Gasteiger partial charge >= 0.3 is 12.0 Å². The first-order valence-corrected chi connectivity index (χ1v) is 8.40. The van der Waals surface area contributed by atoms with Crippen LogP contribution in [0.2, 0.25) is 0 Å². The van der Waals surface area contributed by atoms with E-state index in [1.54, 1.807) is 23.7 Å². The fourth-order valence-corrected chi connectivity index (χ4v) is 2.73. The molecule has 0 aliphatic rings. The van der Waals surface area contributed by atoms with Gasteiger partial charge in [0.25, 0.3) is 0 Å². The molecule has 0 spiro atoms. The standard InChI is InChI=1S/C12H19N3O3S2/c1-8(4-5-19-3)15(2)12(18)13-6-10-14-9(7-20-10)11(16)17/h7-8H,4-6H2,1-3H3,(H,13,18)(H,16,17). The Bertz CT molecular complexity index is 465. The minimum atomic E-state index is -1.05. The third-order valence-corrected chi connectivity index (χ3v) is 4.38. The van der Waals surface area contributed by atoms with Crippen LogP contribution in [0.15, 0.2) is 5.38 Å². The van der Waals surface area contributed by atoms with Crippen LogP contribution in [0.3, 0.4) is 0 Å². The lowest BCUT2D eigenvalue weighted by atomic mass is 10.2. The van der Waals surface area contributed by atoms with Gasteiger partial charge in [-0.3, -0.25) is 0 Å². The number of hydrogen-bond donors (Lipinski definition) is 2. The predicted octanol–water partition coefficient (Wildman–Crippen LogP) is 2.12. The number of urea groups is 1. The Kier molecular flexibility index (Phi) is 6.80. The number of thioether (sulfide) groups is 1. The molecule has 1 rings (SSSR count). The largest absolute Gasteiger partial charge is 0.476 e. The van der Waals surface area contributed by atoms with Gasteiger partial charge in [0.05, 0.1) is 6.54 Å². The lowest BCUT2D eigenvalue weighted by Crippen LogP contribution is -2.42. The molecule has 0 aliphatic heterocycles. The fourth-order valence-electron chi connectivity index (χ4n) is 1.45. The Morgan fingerprint density at radius 3 is 2.85 bits per heavy atom. The number of rotatable bonds is 7. The highest BCUT2D eigenvalue weighted by atomic mass is 32.2. The van der Waals surface area contributed by atoms with Gasteiger partial charge in [-0.2, -0.15) is 11.8 Å². The van der Waals surface area contributed by atoms with Crippen molar-refractivity contribution in [3.8, 4) is 0 Å². The van der Waals surface area contributed by atoms with Gasteiger partial charge < -0.3 is 15.3 Å². The Balaban J connectivity index is 2.43. The van der Waals surface area contributed by atoms with Crippen molar-refractivity contribution in [1.82, 2.24) is 15.2 Å². The van der Waals surface area contributed by atoms with Crippen LogP contribution >= 0.6 is 23.1 Å². The zero-order valence-electron chi connectivity index (χ0n) is 11.8. The number of thiazole rings is 1. The summed E-state index contributed by atoms with van der Waals surface area (Å²) in [6.45, 7) is 2.25. The number of nitrogens with one attached hydrogen (secondary N) is 1. The van der Waals surface area contributed by atoms with Crippen LogP contribution in [-0.2, 0) is 6.54 Å². The van der Waals surface area contributed by atoms with Crippen LogP contribution < -0.4 is 5.32 Å². The number of carboxylic acid groups (broad SMARTS) is 1. The van der Waals surface area contributed by atoms with Crippen LogP contribution in [0, 0.1) is 0 Å². The number of carbonyl (C=O) groups excluding carboxylic acids is 1. The molecule has 0 saturated heterocycles. The summed E-state index contributed by atoms with van der Waals surface area (Å²) in [6, 6.07) is -0.0148. The van der Waals surface area contributed by atoms with E-state index in [1.165, 1.54) is 16.7 Å². The number of aromatic nitrogens is 1. The van der Waals surface area contributed by atoms with Crippen LogP contribution in [0.4, 0.5) is 4.79 Å². The van der Waals surface area contributed by atoms with Gasteiger partial charge in [0.1, 0.15) is 5.01 Å². The minimum absolute atomic E-state index is 0.0148. The summed E-state index contributed by atoms with van der Waals surface area (Å²) in [5.41, 5.74) is 0.0148. The molecule has 6 nitrogen and oxygen atoms in total. The molecule has 1 atom stereocenters. The Labute approximate surface area is 126 Å². The van der Waals surface area contributed by atoms with Crippen LogP contribution in [0.25, 0.3) is 0 Å². The van der Waals surface area contributed by atoms with Crippen molar-refractivity contribution >= 4 is 35.1 Å². The number of amides is 2. The number of carbonyl (C=O) groups is 2. The number of aromatic carboxylic acids is 1. The molecular weight excluding hydrogens is 298 g/mol. The quantitative estimate of drug-likeness (QED) is 0.805. The summed E-state index contributed by atoms with van der Waals surface area (Å²) in [5, 5.41) is 13.6. The smallest absolute Gasteiger partial charge is 0.355 e. The average molecular weight is 317 g/mol. The molecule has 0 radical (unpaired) electrons. The summed E-state index contributed by atoms with van der Waals surface area (Å²) in [5.74, 6) is -0.0469. The molecule has 1 heterocycles. The molecule has 1 aromatic rings. The molecule has 8 heteroatoms. The van der Waals surface area contributed by atoms with Gasteiger partial charge in [-0.1, -0.05) is 0 Å². The summed E-state index contributed by atoms with van der Waals surface area (Å²) in [7, 11) is 1.75. The van der Waals surface area contributed by atoms with E-state index in [1.807, 2.05) is 13.2 Å². The Morgan fingerprint density at radius 2 is 2.30 bits per heavy atom. The van der Waals surface area contributed by atoms with E-state index in [2.05, 4.69) is 10.3 Å². The van der Waals surface area contributed by atoms with Crippen LogP contribution in [-0.4, -0.2) is 52.1 Å². The molecule has 2 amide bonds. The molecule has 1 unspecified atom stereocenters. The van der Waals surface area contributed by atoms with Crippen molar-refractivity contribution in [2.24, 2.45) is 0 Å². The summed E-state index contributed by atoms with van der Waals surface area (Å²) < 4.78 is 0. The van der Waals surface area contributed by atoms with Gasteiger partial charge in [-0.15, -0.1) is 11.3 Å². The summed E-state index contributed by atoms with van der Waals surface area (Å²) in [4.78, 5) is 28.2. The van der Waals surface area contributed by atoms with Gasteiger partial charge in [0.2, 0.25) is 0 Å². The molecule has 0 saturated carbocycles.